The van der Waals surface area contributed by atoms with Gasteiger partial charge in [0.2, 0.25) is 0 Å². The molecular formula is C20H18F2O4S2. The van der Waals surface area contributed by atoms with Crippen LogP contribution in [0.1, 0.15) is 15.7 Å². The first-order valence-corrected chi connectivity index (χ1v) is 10.5. The van der Waals surface area contributed by atoms with Crippen LogP contribution in [-0.4, -0.2) is 31.2 Å². The fraction of sp³-hybridized carbons (Fsp3) is 0.250. The fourth-order valence-corrected chi connectivity index (χ4v) is 5.43. The summed E-state index contributed by atoms with van der Waals surface area (Å²) in [5, 5.41) is 0. The number of thioether (sulfide) groups is 2. The van der Waals surface area contributed by atoms with E-state index in [-0.39, 0.29) is 5.75 Å². The van der Waals surface area contributed by atoms with Crippen LogP contribution in [0, 0.1) is 0 Å². The van der Waals surface area contributed by atoms with Crippen molar-refractivity contribution in [3.63, 3.8) is 0 Å². The average Bonchev–Trinajstić information content (AvgIpc) is 3.22. The van der Waals surface area contributed by atoms with Crippen LogP contribution in [0.3, 0.4) is 0 Å². The van der Waals surface area contributed by atoms with Crippen molar-refractivity contribution in [2.24, 2.45) is 0 Å². The molecule has 148 valence electrons. The van der Waals surface area contributed by atoms with Crippen molar-refractivity contribution in [1.29, 1.82) is 0 Å². The van der Waals surface area contributed by atoms with Crippen LogP contribution in [0.2, 0.25) is 0 Å². The van der Waals surface area contributed by atoms with Gasteiger partial charge in [-0.1, -0.05) is 24.3 Å². The maximum Gasteiger partial charge on any atom is 0.387 e. The first-order chi connectivity index (χ1) is 13.6. The van der Waals surface area contributed by atoms with Crippen LogP contribution in [-0.2, 0) is 4.79 Å². The van der Waals surface area contributed by atoms with Gasteiger partial charge in [0, 0.05) is 23.1 Å². The van der Waals surface area contributed by atoms with E-state index in [0.717, 1.165) is 23.1 Å². The molecule has 4 nitrogen and oxygen atoms in total. The molecule has 0 atom stereocenters. The third kappa shape index (κ3) is 5.42. The summed E-state index contributed by atoms with van der Waals surface area (Å²) in [5.41, 5.74) is 1.45. The van der Waals surface area contributed by atoms with Gasteiger partial charge in [0.1, 0.15) is 5.75 Å². The zero-order valence-corrected chi connectivity index (χ0v) is 16.6. The van der Waals surface area contributed by atoms with Crippen molar-refractivity contribution < 1.29 is 27.8 Å². The van der Waals surface area contributed by atoms with Gasteiger partial charge in [-0.05, 0) is 29.8 Å². The van der Waals surface area contributed by atoms with Gasteiger partial charge >= 0.3 is 12.6 Å². The molecule has 0 bridgehead atoms. The standard InChI is InChI=1S/C20H18F2O4S2/c1-24-17-12-14(19-27-10-11-28-19)6-8-16(17)25-18(23)9-7-13-4-2-3-5-15(13)26-20(21)22/h2-9,12,19-20H,10-11H2,1H3/b9-7+. The summed E-state index contributed by atoms with van der Waals surface area (Å²) in [6.07, 6.45) is 2.52. The van der Waals surface area contributed by atoms with Crippen LogP contribution in [0.5, 0.6) is 17.2 Å². The first-order valence-electron chi connectivity index (χ1n) is 8.41. The Bertz CT molecular complexity index is 852. The average molecular weight is 424 g/mol. The number of rotatable bonds is 7. The number of alkyl halides is 2. The fourth-order valence-electron chi connectivity index (χ4n) is 2.59. The van der Waals surface area contributed by atoms with Crippen molar-refractivity contribution in [2.75, 3.05) is 18.6 Å². The highest BCUT2D eigenvalue weighted by molar-refractivity contribution is 8.19. The first kappa shape index (κ1) is 20.5. The lowest BCUT2D eigenvalue weighted by Gasteiger charge is -2.13. The van der Waals surface area contributed by atoms with Crippen molar-refractivity contribution in [1.82, 2.24) is 0 Å². The van der Waals surface area contributed by atoms with Crippen LogP contribution < -0.4 is 14.2 Å². The van der Waals surface area contributed by atoms with Crippen LogP contribution in [0.4, 0.5) is 8.78 Å². The molecule has 28 heavy (non-hydrogen) atoms. The summed E-state index contributed by atoms with van der Waals surface area (Å²) in [7, 11) is 1.51. The maximum atomic E-state index is 12.5. The van der Waals surface area contributed by atoms with Crippen LogP contribution >= 0.6 is 23.5 Å². The highest BCUT2D eigenvalue weighted by Gasteiger charge is 2.20. The molecule has 0 unspecified atom stereocenters. The minimum atomic E-state index is -2.94. The van der Waals surface area contributed by atoms with E-state index >= 15 is 0 Å². The van der Waals surface area contributed by atoms with Crippen molar-refractivity contribution in [3.8, 4) is 17.2 Å². The highest BCUT2D eigenvalue weighted by Crippen LogP contribution is 2.46. The summed E-state index contributed by atoms with van der Waals surface area (Å²) < 4.78 is 40.4. The zero-order chi connectivity index (χ0) is 19.9. The highest BCUT2D eigenvalue weighted by atomic mass is 32.2. The van der Waals surface area contributed by atoms with Gasteiger partial charge in [0.25, 0.3) is 0 Å². The summed E-state index contributed by atoms with van der Waals surface area (Å²) in [6, 6.07) is 11.7. The Morgan fingerprint density at radius 2 is 1.86 bits per heavy atom. The summed E-state index contributed by atoms with van der Waals surface area (Å²) in [6.45, 7) is -2.94. The molecule has 2 aromatic carbocycles. The second-order valence-corrected chi connectivity index (χ2v) is 8.38. The lowest BCUT2D eigenvalue weighted by atomic mass is 10.2. The molecule has 2 aromatic rings. The Labute approximate surface area is 170 Å². The molecule has 1 heterocycles. The molecule has 1 aliphatic heterocycles. The predicted molar refractivity (Wildman–Crippen MR) is 108 cm³/mol. The molecule has 0 radical (unpaired) electrons. The molecule has 0 aromatic heterocycles. The lowest BCUT2D eigenvalue weighted by Crippen LogP contribution is -2.06. The van der Waals surface area contributed by atoms with Gasteiger partial charge in [-0.25, -0.2) is 4.79 Å². The van der Waals surface area contributed by atoms with Gasteiger partial charge in [-0.3, -0.25) is 0 Å². The Morgan fingerprint density at radius 1 is 1.11 bits per heavy atom. The largest absolute Gasteiger partial charge is 0.493 e. The smallest absolute Gasteiger partial charge is 0.387 e. The Morgan fingerprint density at radius 3 is 2.57 bits per heavy atom. The minimum Gasteiger partial charge on any atom is -0.493 e. The van der Waals surface area contributed by atoms with E-state index in [1.165, 1.54) is 19.3 Å². The molecular weight excluding hydrogens is 406 g/mol. The van der Waals surface area contributed by atoms with E-state index in [0.29, 0.717) is 21.6 Å². The third-order valence-corrected chi connectivity index (χ3v) is 6.93. The Kier molecular flexibility index (Phi) is 7.22. The number of carbonyl (C=O) groups excluding carboxylic acids is 1. The number of para-hydroxylation sites is 1. The third-order valence-electron chi connectivity index (χ3n) is 3.83. The van der Waals surface area contributed by atoms with Gasteiger partial charge in [0.05, 0.1) is 11.7 Å². The normalized spacial score (nSPS) is 14.6. The number of hydrogen-bond donors (Lipinski definition) is 0. The van der Waals surface area contributed by atoms with E-state index in [1.807, 2.05) is 35.7 Å². The molecule has 0 saturated carbocycles. The van der Waals surface area contributed by atoms with Gasteiger partial charge < -0.3 is 14.2 Å². The molecule has 1 aliphatic rings. The van der Waals surface area contributed by atoms with Crippen molar-refractivity contribution in [3.05, 3.63) is 59.7 Å². The number of benzene rings is 2. The van der Waals surface area contributed by atoms with E-state index in [9.17, 15) is 13.6 Å². The predicted octanol–water partition coefficient (Wildman–Crippen LogP) is 5.39. The molecule has 0 spiro atoms. The van der Waals surface area contributed by atoms with Crippen molar-refractivity contribution >= 4 is 35.6 Å². The van der Waals surface area contributed by atoms with E-state index in [4.69, 9.17) is 9.47 Å². The van der Waals surface area contributed by atoms with E-state index < -0.39 is 12.6 Å². The van der Waals surface area contributed by atoms with E-state index in [2.05, 4.69) is 4.74 Å². The van der Waals surface area contributed by atoms with Crippen LogP contribution in [0.15, 0.2) is 48.5 Å². The number of halogens is 2. The number of hydrogen-bond acceptors (Lipinski definition) is 6. The monoisotopic (exact) mass is 424 g/mol. The summed E-state index contributed by atoms with van der Waals surface area (Å²) in [5.74, 6) is 2.31. The van der Waals surface area contributed by atoms with Gasteiger partial charge in [0.15, 0.2) is 11.5 Å². The number of ether oxygens (including phenoxy) is 3. The molecule has 1 saturated heterocycles. The van der Waals surface area contributed by atoms with Gasteiger partial charge in [-0.15, -0.1) is 23.5 Å². The molecule has 1 fully saturated rings. The topological polar surface area (TPSA) is 44.8 Å². The molecule has 3 rings (SSSR count). The summed E-state index contributed by atoms with van der Waals surface area (Å²) >= 11 is 3.74. The second-order valence-electron chi connectivity index (χ2n) is 5.65. The minimum absolute atomic E-state index is 0.0185. The molecule has 0 aliphatic carbocycles. The SMILES string of the molecule is COc1cc(C2SCCS2)ccc1OC(=O)/C=C/c1ccccc1OC(F)F. The number of methoxy groups -OCH3 is 1. The van der Waals surface area contributed by atoms with Crippen LogP contribution in [0.25, 0.3) is 6.08 Å². The quantitative estimate of drug-likeness (QED) is 0.337. The van der Waals surface area contributed by atoms with E-state index in [1.54, 1.807) is 24.3 Å². The Balaban J connectivity index is 1.70. The second kappa shape index (κ2) is 9.84. The Hall–Kier alpha value is -2.19. The lowest BCUT2D eigenvalue weighted by molar-refractivity contribution is -0.129. The summed E-state index contributed by atoms with van der Waals surface area (Å²) in [4.78, 5) is 12.2. The van der Waals surface area contributed by atoms with Gasteiger partial charge in [-0.2, -0.15) is 8.78 Å². The number of esters is 1. The number of carbonyl (C=O) groups is 1. The van der Waals surface area contributed by atoms with Crippen molar-refractivity contribution in [2.45, 2.75) is 11.2 Å². The zero-order valence-electron chi connectivity index (χ0n) is 15.0. The molecule has 0 N–H and O–H groups in total. The molecule has 0 amide bonds. The maximum absolute atomic E-state index is 12.5. The molecule has 8 heteroatoms.